The van der Waals surface area contributed by atoms with E-state index in [1.54, 1.807) is 0 Å². The average molecular weight is 284 g/mol. The highest BCUT2D eigenvalue weighted by atomic mass is 16.5. The molecule has 0 heterocycles. The van der Waals surface area contributed by atoms with E-state index in [0.717, 1.165) is 6.42 Å². The van der Waals surface area contributed by atoms with Crippen molar-refractivity contribution >= 4 is 0 Å². The third-order valence-corrected chi connectivity index (χ3v) is 4.24. The lowest BCUT2D eigenvalue weighted by molar-refractivity contribution is 0.0831. The maximum Gasteiger partial charge on any atom is 0.0571 e. The summed E-state index contributed by atoms with van der Waals surface area (Å²) in [5, 5.41) is 0. The van der Waals surface area contributed by atoms with Crippen molar-refractivity contribution in [2.45, 2.75) is 109 Å². The van der Waals surface area contributed by atoms with E-state index < -0.39 is 0 Å². The molecule has 20 heavy (non-hydrogen) atoms. The highest BCUT2D eigenvalue weighted by molar-refractivity contribution is 4.59. The minimum absolute atomic E-state index is 0.515. The van der Waals surface area contributed by atoms with Crippen molar-refractivity contribution < 1.29 is 4.74 Å². The van der Waals surface area contributed by atoms with Gasteiger partial charge in [0.05, 0.1) is 6.10 Å². The van der Waals surface area contributed by atoms with E-state index in [2.05, 4.69) is 13.8 Å². The highest BCUT2D eigenvalue weighted by Crippen LogP contribution is 2.16. The summed E-state index contributed by atoms with van der Waals surface area (Å²) in [5.41, 5.74) is 0. The molecule has 0 aromatic carbocycles. The monoisotopic (exact) mass is 283 g/mol. The topological polar surface area (TPSA) is 9.23 Å². The second kappa shape index (κ2) is 17.0. The summed E-state index contributed by atoms with van der Waals surface area (Å²) in [6, 6.07) is 0. The van der Waals surface area contributed by atoms with Gasteiger partial charge in [0, 0.05) is 7.11 Å². The zero-order valence-corrected chi connectivity index (χ0v) is 14.3. The number of hydrogen-bond acceptors (Lipinski definition) is 1. The first-order chi connectivity index (χ1) is 9.85. The van der Waals surface area contributed by atoms with Crippen LogP contribution in [0.3, 0.4) is 0 Å². The summed E-state index contributed by atoms with van der Waals surface area (Å²) in [6.07, 6.45) is 20.7. The molecule has 0 aromatic rings. The average Bonchev–Trinajstić information content (AvgIpc) is 2.47. The van der Waals surface area contributed by atoms with Gasteiger partial charge in [-0.25, -0.2) is 0 Å². The molecule has 0 saturated heterocycles. The van der Waals surface area contributed by atoms with Crippen LogP contribution in [0, 0.1) is 6.92 Å². The Balaban J connectivity index is 3.29. The maximum atomic E-state index is 5.61. The van der Waals surface area contributed by atoms with Gasteiger partial charge in [-0.05, 0) is 12.8 Å². The van der Waals surface area contributed by atoms with E-state index in [4.69, 9.17) is 4.74 Å². The molecule has 121 valence electrons. The molecule has 1 radical (unpaired) electrons. The van der Waals surface area contributed by atoms with Crippen LogP contribution in [0.4, 0.5) is 0 Å². The maximum absolute atomic E-state index is 5.61. The predicted octanol–water partition coefficient (Wildman–Crippen LogP) is 6.71. The van der Waals surface area contributed by atoms with Crippen LogP contribution in [-0.4, -0.2) is 13.2 Å². The Morgan fingerprint density at radius 3 is 1.60 bits per heavy atom. The molecule has 0 bridgehead atoms. The number of hydrogen-bond donors (Lipinski definition) is 0. The molecule has 0 spiro atoms. The Kier molecular flexibility index (Phi) is 17.0. The van der Waals surface area contributed by atoms with Crippen molar-refractivity contribution in [2.24, 2.45) is 0 Å². The largest absolute Gasteiger partial charge is 0.381 e. The Labute approximate surface area is 128 Å². The minimum Gasteiger partial charge on any atom is -0.381 e. The fourth-order valence-corrected chi connectivity index (χ4v) is 2.79. The van der Waals surface area contributed by atoms with Crippen LogP contribution < -0.4 is 0 Å². The van der Waals surface area contributed by atoms with Gasteiger partial charge in [-0.2, -0.15) is 0 Å². The lowest BCUT2D eigenvalue weighted by Gasteiger charge is -2.15. The molecular formula is C19H39O. The second-order valence-electron chi connectivity index (χ2n) is 6.18. The van der Waals surface area contributed by atoms with E-state index in [1.807, 2.05) is 7.11 Å². The molecule has 0 fully saturated rings. The molecule has 0 aromatic heterocycles. The minimum atomic E-state index is 0.515. The third-order valence-electron chi connectivity index (χ3n) is 4.24. The van der Waals surface area contributed by atoms with Crippen LogP contribution in [0.2, 0.25) is 0 Å². The molecule has 0 N–H and O–H groups in total. The van der Waals surface area contributed by atoms with Crippen LogP contribution >= 0.6 is 0 Å². The summed E-state index contributed by atoms with van der Waals surface area (Å²) < 4.78 is 5.61. The second-order valence-corrected chi connectivity index (χ2v) is 6.18. The smallest absolute Gasteiger partial charge is 0.0571 e. The van der Waals surface area contributed by atoms with Crippen molar-refractivity contribution in [1.82, 2.24) is 0 Å². The SMILES string of the molecule is [CH2]CCCCCCCCC(CCCCCCCC)OC. The molecule has 1 unspecified atom stereocenters. The van der Waals surface area contributed by atoms with Gasteiger partial charge in [-0.3, -0.25) is 0 Å². The van der Waals surface area contributed by atoms with E-state index >= 15 is 0 Å². The Morgan fingerprint density at radius 2 is 1.15 bits per heavy atom. The summed E-state index contributed by atoms with van der Waals surface area (Å²) in [6.45, 7) is 6.17. The Morgan fingerprint density at radius 1 is 0.700 bits per heavy atom. The van der Waals surface area contributed by atoms with Crippen LogP contribution in [0.25, 0.3) is 0 Å². The number of rotatable bonds is 16. The van der Waals surface area contributed by atoms with Crippen molar-refractivity contribution in [1.29, 1.82) is 0 Å². The first-order valence-electron chi connectivity index (χ1n) is 9.17. The molecule has 0 amide bonds. The lowest BCUT2D eigenvalue weighted by Crippen LogP contribution is -2.10. The molecule has 1 atom stereocenters. The van der Waals surface area contributed by atoms with Gasteiger partial charge in [0.2, 0.25) is 0 Å². The number of unbranched alkanes of at least 4 members (excludes halogenated alkanes) is 11. The standard InChI is InChI=1S/C19H39O/c1-4-6-8-10-12-14-16-18-19(20-3)17-15-13-11-9-7-5-2/h19H,1,4-18H2,2-3H3. The van der Waals surface area contributed by atoms with Gasteiger partial charge < -0.3 is 4.74 Å². The van der Waals surface area contributed by atoms with Crippen LogP contribution in [0.15, 0.2) is 0 Å². The first kappa shape index (κ1) is 20.0. The first-order valence-corrected chi connectivity index (χ1v) is 9.17. The molecule has 1 heteroatoms. The number of ether oxygens (including phenoxy) is 1. The fraction of sp³-hybridized carbons (Fsp3) is 0.947. The highest BCUT2D eigenvalue weighted by Gasteiger charge is 2.06. The van der Waals surface area contributed by atoms with Gasteiger partial charge in [-0.15, -0.1) is 0 Å². The fourth-order valence-electron chi connectivity index (χ4n) is 2.79. The number of methoxy groups -OCH3 is 1. The molecule has 0 aliphatic heterocycles. The zero-order valence-electron chi connectivity index (χ0n) is 14.3. The molecule has 0 aliphatic carbocycles. The van der Waals surface area contributed by atoms with E-state index in [0.29, 0.717) is 6.10 Å². The van der Waals surface area contributed by atoms with Gasteiger partial charge in [0.15, 0.2) is 0 Å². The lowest BCUT2D eigenvalue weighted by atomic mass is 10.0. The van der Waals surface area contributed by atoms with Gasteiger partial charge >= 0.3 is 0 Å². The van der Waals surface area contributed by atoms with Crippen LogP contribution in [0.5, 0.6) is 0 Å². The summed E-state index contributed by atoms with van der Waals surface area (Å²) in [4.78, 5) is 0. The van der Waals surface area contributed by atoms with E-state index in [-0.39, 0.29) is 0 Å². The third kappa shape index (κ3) is 14.4. The van der Waals surface area contributed by atoms with Gasteiger partial charge in [0.1, 0.15) is 0 Å². The Hall–Kier alpha value is -0.0400. The normalized spacial score (nSPS) is 12.8. The summed E-state index contributed by atoms with van der Waals surface area (Å²) in [7, 11) is 1.88. The van der Waals surface area contributed by atoms with Crippen molar-refractivity contribution in [3.05, 3.63) is 6.92 Å². The van der Waals surface area contributed by atoms with Gasteiger partial charge in [-0.1, -0.05) is 97.3 Å². The van der Waals surface area contributed by atoms with Crippen molar-refractivity contribution in [3.8, 4) is 0 Å². The quantitative estimate of drug-likeness (QED) is 0.286. The van der Waals surface area contributed by atoms with E-state index in [1.165, 1.54) is 89.9 Å². The predicted molar refractivity (Wildman–Crippen MR) is 91.1 cm³/mol. The van der Waals surface area contributed by atoms with Crippen molar-refractivity contribution in [2.75, 3.05) is 7.11 Å². The Bertz CT molecular complexity index is 167. The van der Waals surface area contributed by atoms with Crippen LogP contribution in [-0.2, 0) is 4.74 Å². The van der Waals surface area contributed by atoms with E-state index in [9.17, 15) is 0 Å². The van der Waals surface area contributed by atoms with Gasteiger partial charge in [0.25, 0.3) is 0 Å². The molecule has 0 rings (SSSR count). The van der Waals surface area contributed by atoms with Crippen molar-refractivity contribution in [3.63, 3.8) is 0 Å². The summed E-state index contributed by atoms with van der Waals surface area (Å²) >= 11 is 0. The molecule has 1 nitrogen and oxygen atoms in total. The summed E-state index contributed by atoms with van der Waals surface area (Å²) in [5.74, 6) is 0. The molecule has 0 aliphatic rings. The van der Waals surface area contributed by atoms with Crippen LogP contribution in [0.1, 0.15) is 103 Å². The molecular weight excluding hydrogens is 244 g/mol. The zero-order chi connectivity index (χ0) is 14.9. The molecule has 0 saturated carbocycles.